The quantitative estimate of drug-likeness (QED) is 0.601. The molecule has 1 aromatic heterocycles. The number of hydrogen-bond acceptors (Lipinski definition) is 6. The van der Waals surface area contributed by atoms with Crippen LogP contribution >= 0.6 is 0 Å². The number of nitriles is 1. The lowest BCUT2D eigenvalue weighted by Gasteiger charge is -2.43. The molecule has 1 fully saturated rings. The molecule has 160 valence electrons. The average Bonchev–Trinajstić information content (AvgIpc) is 2.76. The van der Waals surface area contributed by atoms with Crippen LogP contribution in [0.1, 0.15) is 39.1 Å². The van der Waals surface area contributed by atoms with E-state index < -0.39 is 30.2 Å². The first-order valence-electron chi connectivity index (χ1n) is 9.47. The van der Waals surface area contributed by atoms with E-state index in [0.717, 1.165) is 4.90 Å². The molecule has 0 radical (unpaired) electrons. The van der Waals surface area contributed by atoms with Crippen LogP contribution in [0.2, 0.25) is 0 Å². The SMILES string of the molecule is COc1ccc(C(=O)Cc2cnccc2C(=O)CCC(=O)N2CC(F)(F)[C@H]2C#N)cc1. The van der Waals surface area contributed by atoms with Crippen LogP contribution in [0.5, 0.6) is 5.75 Å². The standard InChI is InChI=1S/C22H19F2N3O4/c1-31-16-4-2-14(3-5-16)19(29)10-15-12-26-9-8-17(15)18(28)6-7-21(30)27-13-22(23,24)20(27)11-25/h2-5,8-9,12,20H,6-7,10,13H2,1H3/t20-/m1/s1. The van der Waals surface area contributed by atoms with Crippen molar-refractivity contribution < 1.29 is 27.9 Å². The zero-order chi connectivity index (χ0) is 22.6. The van der Waals surface area contributed by atoms with Crippen LogP contribution < -0.4 is 4.74 Å². The number of pyridine rings is 1. The number of ether oxygens (including phenoxy) is 1. The second kappa shape index (κ2) is 9.00. The number of rotatable bonds is 8. The second-order valence-electron chi connectivity index (χ2n) is 7.10. The summed E-state index contributed by atoms with van der Waals surface area (Å²) in [4.78, 5) is 42.1. The highest BCUT2D eigenvalue weighted by atomic mass is 19.3. The van der Waals surface area contributed by atoms with Crippen LogP contribution in [-0.4, -0.2) is 53.0 Å². The number of amides is 1. The van der Waals surface area contributed by atoms with Crippen molar-refractivity contribution in [2.75, 3.05) is 13.7 Å². The third kappa shape index (κ3) is 4.74. The van der Waals surface area contributed by atoms with Crippen LogP contribution in [0.25, 0.3) is 0 Å². The topological polar surface area (TPSA) is 100 Å². The van der Waals surface area contributed by atoms with Crippen molar-refractivity contribution in [1.29, 1.82) is 5.26 Å². The van der Waals surface area contributed by atoms with E-state index in [1.165, 1.54) is 31.6 Å². The van der Waals surface area contributed by atoms with Crippen LogP contribution in [0.4, 0.5) is 8.78 Å². The monoisotopic (exact) mass is 427 g/mol. The fourth-order valence-corrected chi connectivity index (χ4v) is 3.31. The van der Waals surface area contributed by atoms with Gasteiger partial charge >= 0.3 is 0 Å². The summed E-state index contributed by atoms with van der Waals surface area (Å²) in [7, 11) is 1.52. The third-order valence-corrected chi connectivity index (χ3v) is 5.07. The van der Waals surface area contributed by atoms with Gasteiger partial charge in [-0.15, -0.1) is 0 Å². The van der Waals surface area contributed by atoms with E-state index in [1.54, 1.807) is 24.3 Å². The van der Waals surface area contributed by atoms with Crippen molar-refractivity contribution >= 4 is 17.5 Å². The lowest BCUT2D eigenvalue weighted by molar-refractivity contribution is -0.181. The number of carbonyl (C=O) groups is 3. The van der Waals surface area contributed by atoms with Gasteiger partial charge in [-0.2, -0.15) is 5.26 Å². The van der Waals surface area contributed by atoms with Gasteiger partial charge in [-0.1, -0.05) is 0 Å². The summed E-state index contributed by atoms with van der Waals surface area (Å²) in [5.41, 5.74) is 1.10. The Morgan fingerprint density at radius 3 is 2.52 bits per heavy atom. The summed E-state index contributed by atoms with van der Waals surface area (Å²) in [6, 6.07) is 7.62. The predicted molar refractivity (Wildman–Crippen MR) is 105 cm³/mol. The molecule has 1 saturated heterocycles. The normalized spacial score (nSPS) is 16.7. The first-order chi connectivity index (χ1) is 14.8. The maximum Gasteiger partial charge on any atom is 0.298 e. The zero-order valence-electron chi connectivity index (χ0n) is 16.7. The molecule has 31 heavy (non-hydrogen) atoms. The lowest BCUT2D eigenvalue weighted by atomic mass is 9.95. The molecule has 2 heterocycles. The minimum absolute atomic E-state index is 0.0654. The van der Waals surface area contributed by atoms with E-state index in [4.69, 9.17) is 10.00 Å². The molecule has 0 saturated carbocycles. The van der Waals surface area contributed by atoms with E-state index in [9.17, 15) is 23.2 Å². The van der Waals surface area contributed by atoms with Crippen molar-refractivity contribution in [3.05, 3.63) is 59.4 Å². The first-order valence-corrected chi connectivity index (χ1v) is 9.47. The van der Waals surface area contributed by atoms with Gasteiger partial charge in [0.25, 0.3) is 5.92 Å². The van der Waals surface area contributed by atoms with Gasteiger partial charge in [0.1, 0.15) is 5.75 Å². The molecule has 9 heteroatoms. The highest BCUT2D eigenvalue weighted by Crippen LogP contribution is 2.34. The van der Waals surface area contributed by atoms with Crippen LogP contribution in [0, 0.1) is 11.3 Å². The summed E-state index contributed by atoms with van der Waals surface area (Å²) < 4.78 is 31.7. The van der Waals surface area contributed by atoms with Crippen molar-refractivity contribution in [3.63, 3.8) is 0 Å². The van der Waals surface area contributed by atoms with Crippen molar-refractivity contribution in [1.82, 2.24) is 9.88 Å². The van der Waals surface area contributed by atoms with Gasteiger partial charge in [0.05, 0.1) is 19.7 Å². The fraction of sp³-hybridized carbons (Fsp3) is 0.318. The number of alkyl halides is 2. The van der Waals surface area contributed by atoms with Crippen molar-refractivity contribution in [3.8, 4) is 11.8 Å². The predicted octanol–water partition coefficient (Wildman–Crippen LogP) is 2.85. The molecule has 0 spiro atoms. The summed E-state index contributed by atoms with van der Waals surface area (Å²) >= 11 is 0. The van der Waals surface area contributed by atoms with Gasteiger partial charge in [0.2, 0.25) is 5.91 Å². The molecule has 1 amide bonds. The number of ketones is 2. The number of benzene rings is 1. The van der Waals surface area contributed by atoms with E-state index in [0.29, 0.717) is 16.9 Å². The molecule has 3 rings (SSSR count). The number of methoxy groups -OCH3 is 1. The second-order valence-corrected chi connectivity index (χ2v) is 7.10. The highest BCUT2D eigenvalue weighted by molar-refractivity contribution is 6.02. The van der Waals surface area contributed by atoms with E-state index in [-0.39, 0.29) is 30.6 Å². The first kappa shape index (κ1) is 22.0. The Hall–Kier alpha value is -3.67. The molecule has 0 unspecified atom stereocenters. The molecule has 1 aliphatic rings. The van der Waals surface area contributed by atoms with Crippen molar-refractivity contribution in [2.45, 2.75) is 31.2 Å². The van der Waals surface area contributed by atoms with Gasteiger partial charge in [-0.25, -0.2) is 8.78 Å². The lowest BCUT2D eigenvalue weighted by Crippen LogP contribution is -2.66. The Bertz CT molecular complexity index is 1050. The van der Waals surface area contributed by atoms with Crippen LogP contribution in [0.3, 0.4) is 0 Å². The number of halogens is 2. The van der Waals surface area contributed by atoms with E-state index in [2.05, 4.69) is 4.98 Å². The molecule has 7 nitrogen and oxygen atoms in total. The number of Topliss-reactive ketones (excluding diaryl/α,β-unsaturated/α-hetero) is 2. The highest BCUT2D eigenvalue weighted by Gasteiger charge is 2.57. The van der Waals surface area contributed by atoms with Gasteiger partial charge in [0.15, 0.2) is 17.6 Å². The Morgan fingerprint density at radius 2 is 1.90 bits per heavy atom. The van der Waals surface area contributed by atoms with Gasteiger partial charge in [0, 0.05) is 42.8 Å². The molecular weight excluding hydrogens is 408 g/mol. The Labute approximate surface area is 177 Å². The van der Waals surface area contributed by atoms with Crippen LogP contribution in [-0.2, 0) is 11.2 Å². The number of carbonyl (C=O) groups excluding carboxylic acids is 3. The van der Waals surface area contributed by atoms with Crippen molar-refractivity contribution in [2.24, 2.45) is 0 Å². The maximum atomic E-state index is 13.3. The molecule has 1 aliphatic heterocycles. The summed E-state index contributed by atoms with van der Waals surface area (Å²) in [5.74, 6) is -3.93. The third-order valence-electron chi connectivity index (χ3n) is 5.07. The molecular formula is C22H19F2N3O4. The van der Waals surface area contributed by atoms with Gasteiger partial charge in [-0.05, 0) is 35.9 Å². The maximum absolute atomic E-state index is 13.3. The largest absolute Gasteiger partial charge is 0.497 e. The van der Waals surface area contributed by atoms with E-state index >= 15 is 0 Å². The van der Waals surface area contributed by atoms with Gasteiger partial charge < -0.3 is 9.64 Å². The Kier molecular flexibility index (Phi) is 6.39. The van der Waals surface area contributed by atoms with E-state index in [1.807, 2.05) is 0 Å². The average molecular weight is 427 g/mol. The number of hydrogen-bond donors (Lipinski definition) is 0. The summed E-state index contributed by atoms with van der Waals surface area (Å²) in [6.07, 6.45) is 2.22. The smallest absolute Gasteiger partial charge is 0.298 e. The van der Waals surface area contributed by atoms with Gasteiger partial charge in [-0.3, -0.25) is 19.4 Å². The van der Waals surface area contributed by atoms with Crippen LogP contribution in [0.15, 0.2) is 42.7 Å². The minimum atomic E-state index is -3.23. The Morgan fingerprint density at radius 1 is 1.19 bits per heavy atom. The molecule has 0 aliphatic carbocycles. The molecule has 0 N–H and O–H groups in total. The summed E-state index contributed by atoms with van der Waals surface area (Å²) in [5, 5.41) is 8.80. The number of aromatic nitrogens is 1. The molecule has 1 atom stereocenters. The molecule has 2 aromatic rings. The minimum Gasteiger partial charge on any atom is -0.497 e. The number of likely N-dealkylation sites (tertiary alicyclic amines) is 1. The molecule has 1 aromatic carbocycles. The summed E-state index contributed by atoms with van der Waals surface area (Å²) in [6.45, 7) is -0.824. The Balaban J connectivity index is 1.64. The molecule has 0 bridgehead atoms. The number of nitrogens with zero attached hydrogens (tertiary/aromatic N) is 3. The zero-order valence-corrected chi connectivity index (χ0v) is 16.7. The fourth-order valence-electron chi connectivity index (χ4n) is 3.31.